The molecule has 0 fully saturated rings. The number of benzene rings is 1. The Morgan fingerprint density at radius 2 is 2.00 bits per heavy atom. The molecule has 0 amide bonds. The van der Waals surface area contributed by atoms with E-state index in [1.165, 1.54) is 7.11 Å². The Kier molecular flexibility index (Phi) is 6.03. The summed E-state index contributed by atoms with van der Waals surface area (Å²) in [4.78, 5) is 11.9. The van der Waals surface area contributed by atoms with E-state index < -0.39 is 5.54 Å². The van der Waals surface area contributed by atoms with E-state index in [1.54, 1.807) is 21.1 Å². The molecular weight excluding hydrogens is 270 g/mol. The molecule has 0 heterocycles. The number of rotatable bonds is 7. The number of esters is 1. The Morgan fingerprint density at radius 3 is 2.52 bits per heavy atom. The average Bonchev–Trinajstić information content (AvgIpc) is 2.47. The molecule has 1 aromatic rings. The lowest BCUT2D eigenvalue weighted by molar-refractivity contribution is -0.148. The van der Waals surface area contributed by atoms with E-state index in [4.69, 9.17) is 14.2 Å². The Labute approximate surface area is 126 Å². The summed E-state index contributed by atoms with van der Waals surface area (Å²) in [7, 11) is 4.72. The Bertz CT molecular complexity index is 489. The van der Waals surface area contributed by atoms with Gasteiger partial charge in [0.15, 0.2) is 11.5 Å². The SMILES string of the molecule is CNC(C)(CC(C)Oc1ccc(C)cc1OC)C(=O)OC. The lowest BCUT2D eigenvalue weighted by Gasteiger charge is -2.29. The van der Waals surface area contributed by atoms with Gasteiger partial charge in [-0.2, -0.15) is 0 Å². The van der Waals surface area contributed by atoms with Crippen molar-refractivity contribution in [3.63, 3.8) is 0 Å². The van der Waals surface area contributed by atoms with Crippen LogP contribution in [0.1, 0.15) is 25.8 Å². The normalized spacial score (nSPS) is 15.0. The summed E-state index contributed by atoms with van der Waals surface area (Å²) in [6.07, 6.45) is 0.297. The van der Waals surface area contributed by atoms with Crippen molar-refractivity contribution in [3.05, 3.63) is 23.8 Å². The zero-order valence-corrected chi connectivity index (χ0v) is 13.6. The molecule has 1 aromatic carbocycles. The number of carbonyl (C=O) groups excluding carboxylic acids is 1. The first-order chi connectivity index (χ1) is 9.86. The van der Waals surface area contributed by atoms with Gasteiger partial charge in [0.2, 0.25) is 0 Å². The third kappa shape index (κ3) is 4.36. The van der Waals surface area contributed by atoms with E-state index in [0.717, 1.165) is 5.56 Å². The second kappa shape index (κ2) is 7.31. The zero-order chi connectivity index (χ0) is 16.0. The molecule has 0 radical (unpaired) electrons. The molecule has 0 aliphatic carbocycles. The van der Waals surface area contributed by atoms with Crippen molar-refractivity contribution in [1.82, 2.24) is 5.32 Å². The van der Waals surface area contributed by atoms with Crippen LogP contribution in [0.15, 0.2) is 18.2 Å². The first-order valence-corrected chi connectivity index (χ1v) is 6.95. The summed E-state index contributed by atoms with van der Waals surface area (Å²) in [5, 5.41) is 3.00. The molecule has 2 atom stereocenters. The van der Waals surface area contributed by atoms with E-state index in [1.807, 2.05) is 32.0 Å². The highest BCUT2D eigenvalue weighted by Crippen LogP contribution is 2.30. The molecule has 2 unspecified atom stereocenters. The van der Waals surface area contributed by atoms with E-state index in [9.17, 15) is 4.79 Å². The van der Waals surface area contributed by atoms with Crippen LogP contribution in [0, 0.1) is 6.92 Å². The van der Waals surface area contributed by atoms with Crippen LogP contribution in [0.4, 0.5) is 0 Å². The van der Waals surface area contributed by atoms with Gasteiger partial charge in [0.25, 0.3) is 0 Å². The number of carbonyl (C=O) groups is 1. The minimum atomic E-state index is -0.786. The maximum atomic E-state index is 11.9. The topological polar surface area (TPSA) is 56.8 Å². The molecule has 0 aliphatic heterocycles. The van der Waals surface area contributed by atoms with Crippen molar-refractivity contribution in [2.75, 3.05) is 21.3 Å². The van der Waals surface area contributed by atoms with Gasteiger partial charge < -0.3 is 19.5 Å². The third-order valence-corrected chi connectivity index (χ3v) is 3.53. The first kappa shape index (κ1) is 17.3. The van der Waals surface area contributed by atoms with Crippen molar-refractivity contribution < 1.29 is 19.0 Å². The minimum Gasteiger partial charge on any atom is -0.493 e. The van der Waals surface area contributed by atoms with E-state index >= 15 is 0 Å². The molecule has 118 valence electrons. The molecular formula is C16H25NO4. The number of aryl methyl sites for hydroxylation is 1. The van der Waals surface area contributed by atoms with Gasteiger partial charge in [-0.15, -0.1) is 0 Å². The molecule has 0 aliphatic rings. The van der Waals surface area contributed by atoms with Crippen LogP contribution in [0.25, 0.3) is 0 Å². The summed E-state index contributed by atoms with van der Waals surface area (Å²) >= 11 is 0. The number of ether oxygens (including phenoxy) is 3. The second-order valence-corrected chi connectivity index (χ2v) is 5.36. The maximum absolute atomic E-state index is 11.9. The van der Waals surface area contributed by atoms with E-state index in [2.05, 4.69) is 5.32 Å². The summed E-state index contributed by atoms with van der Waals surface area (Å²) < 4.78 is 16.1. The van der Waals surface area contributed by atoms with Crippen molar-refractivity contribution in [1.29, 1.82) is 0 Å². The van der Waals surface area contributed by atoms with Gasteiger partial charge in [0, 0.05) is 6.42 Å². The molecule has 0 spiro atoms. The second-order valence-electron chi connectivity index (χ2n) is 5.36. The highest BCUT2D eigenvalue weighted by Gasteiger charge is 2.35. The standard InChI is InChI=1S/C16H25NO4/c1-11-7-8-13(14(9-11)19-5)21-12(2)10-16(3,17-4)15(18)20-6/h7-9,12,17H,10H2,1-6H3. The number of likely N-dealkylation sites (N-methyl/N-ethyl adjacent to an activating group) is 1. The monoisotopic (exact) mass is 295 g/mol. The molecule has 1 N–H and O–H groups in total. The van der Waals surface area contributed by atoms with Crippen LogP contribution in [0.5, 0.6) is 11.5 Å². The van der Waals surface area contributed by atoms with E-state index in [0.29, 0.717) is 17.9 Å². The van der Waals surface area contributed by atoms with Crippen LogP contribution < -0.4 is 14.8 Å². The van der Waals surface area contributed by atoms with Crippen LogP contribution in [-0.2, 0) is 9.53 Å². The fourth-order valence-corrected chi connectivity index (χ4v) is 2.22. The number of hydrogen-bond donors (Lipinski definition) is 1. The van der Waals surface area contributed by atoms with Crippen LogP contribution in [0.3, 0.4) is 0 Å². The van der Waals surface area contributed by atoms with Gasteiger partial charge in [-0.3, -0.25) is 4.79 Å². The molecule has 0 saturated heterocycles. The van der Waals surface area contributed by atoms with Gasteiger partial charge in [-0.1, -0.05) is 6.07 Å². The van der Waals surface area contributed by atoms with Crippen molar-refractivity contribution in [2.45, 2.75) is 38.8 Å². The molecule has 0 bridgehead atoms. The van der Waals surface area contributed by atoms with Gasteiger partial charge in [0.1, 0.15) is 5.54 Å². The van der Waals surface area contributed by atoms with Gasteiger partial charge in [-0.25, -0.2) is 0 Å². The molecule has 0 saturated carbocycles. The maximum Gasteiger partial charge on any atom is 0.325 e. The minimum absolute atomic E-state index is 0.182. The largest absolute Gasteiger partial charge is 0.493 e. The highest BCUT2D eigenvalue weighted by atomic mass is 16.5. The molecule has 21 heavy (non-hydrogen) atoms. The number of methoxy groups -OCH3 is 2. The first-order valence-electron chi connectivity index (χ1n) is 6.95. The van der Waals surface area contributed by atoms with Crippen molar-refractivity contribution >= 4 is 5.97 Å². The molecule has 1 rings (SSSR count). The third-order valence-electron chi connectivity index (χ3n) is 3.53. The summed E-state index contributed by atoms with van der Waals surface area (Å²) in [6, 6.07) is 5.75. The van der Waals surface area contributed by atoms with Crippen LogP contribution >= 0.6 is 0 Å². The average molecular weight is 295 g/mol. The van der Waals surface area contributed by atoms with Gasteiger partial charge in [-0.05, 0) is 45.5 Å². The van der Waals surface area contributed by atoms with Crippen LogP contribution in [-0.4, -0.2) is 38.9 Å². The lowest BCUT2D eigenvalue weighted by atomic mass is 9.95. The Morgan fingerprint density at radius 1 is 1.33 bits per heavy atom. The number of hydrogen-bond acceptors (Lipinski definition) is 5. The Balaban J connectivity index is 2.82. The quantitative estimate of drug-likeness (QED) is 0.782. The fraction of sp³-hybridized carbons (Fsp3) is 0.562. The predicted octanol–water partition coefficient (Wildman–Crippen LogP) is 2.31. The smallest absolute Gasteiger partial charge is 0.325 e. The van der Waals surface area contributed by atoms with Gasteiger partial charge >= 0.3 is 5.97 Å². The molecule has 5 heteroatoms. The van der Waals surface area contributed by atoms with Crippen molar-refractivity contribution in [2.24, 2.45) is 0 Å². The summed E-state index contributed by atoms with van der Waals surface area (Å²) in [5.41, 5.74) is 0.313. The summed E-state index contributed by atoms with van der Waals surface area (Å²) in [5.74, 6) is 1.04. The number of nitrogens with one attached hydrogen (secondary N) is 1. The zero-order valence-electron chi connectivity index (χ0n) is 13.6. The van der Waals surface area contributed by atoms with Gasteiger partial charge in [0.05, 0.1) is 20.3 Å². The predicted molar refractivity (Wildman–Crippen MR) is 81.9 cm³/mol. The Hall–Kier alpha value is -1.75. The molecule has 0 aromatic heterocycles. The highest BCUT2D eigenvalue weighted by molar-refractivity contribution is 5.80. The van der Waals surface area contributed by atoms with Crippen molar-refractivity contribution in [3.8, 4) is 11.5 Å². The lowest BCUT2D eigenvalue weighted by Crippen LogP contribution is -2.50. The van der Waals surface area contributed by atoms with E-state index in [-0.39, 0.29) is 12.1 Å². The fourth-order valence-electron chi connectivity index (χ4n) is 2.22. The molecule has 5 nitrogen and oxygen atoms in total. The summed E-state index contributed by atoms with van der Waals surface area (Å²) in [6.45, 7) is 5.70. The van der Waals surface area contributed by atoms with Crippen LogP contribution in [0.2, 0.25) is 0 Å².